The Morgan fingerprint density at radius 1 is 1.28 bits per heavy atom. The summed E-state index contributed by atoms with van der Waals surface area (Å²) in [5.41, 5.74) is 3.18. The number of hydrogen-bond acceptors (Lipinski definition) is 1. The monoisotopic (exact) mass is 357 g/mol. The van der Waals surface area contributed by atoms with Crippen molar-refractivity contribution in [2.45, 2.75) is 53.0 Å². The molecule has 1 saturated carbocycles. The molecule has 0 spiro atoms. The van der Waals surface area contributed by atoms with Gasteiger partial charge in [-0.15, -0.1) is 0 Å². The maximum absolute atomic E-state index is 3.77. The van der Waals surface area contributed by atoms with Gasteiger partial charge in [-0.1, -0.05) is 26.8 Å². The average molecular weight is 357 g/mol. The first kappa shape index (κ1) is 14.2. The molecule has 18 heavy (non-hydrogen) atoms. The van der Waals surface area contributed by atoms with E-state index in [0.717, 1.165) is 5.92 Å². The molecule has 2 rings (SSSR count). The quantitative estimate of drug-likeness (QED) is 0.715. The molecule has 1 fully saturated rings. The maximum atomic E-state index is 3.77. The third-order valence-corrected chi connectivity index (χ3v) is 5.18. The van der Waals surface area contributed by atoms with Crippen LogP contribution in [0, 0.1) is 21.8 Å². The molecule has 2 heteroatoms. The average Bonchev–Trinajstić information content (AvgIpc) is 2.22. The molecule has 1 aliphatic rings. The summed E-state index contributed by atoms with van der Waals surface area (Å²) in [6.07, 6.45) is 3.94. The number of anilines is 1. The smallest absolute Gasteiger partial charge is 0.0382 e. The van der Waals surface area contributed by atoms with Crippen molar-refractivity contribution in [3.05, 3.63) is 27.3 Å². The molecule has 1 aliphatic carbocycles. The van der Waals surface area contributed by atoms with Crippen LogP contribution in [0.2, 0.25) is 0 Å². The Bertz CT molecular complexity index is 425. The van der Waals surface area contributed by atoms with E-state index in [1.54, 1.807) is 0 Å². The molecule has 0 aliphatic heterocycles. The van der Waals surface area contributed by atoms with E-state index in [-0.39, 0.29) is 0 Å². The van der Waals surface area contributed by atoms with Crippen LogP contribution >= 0.6 is 22.6 Å². The van der Waals surface area contributed by atoms with Crippen LogP contribution in [-0.2, 0) is 0 Å². The van der Waals surface area contributed by atoms with Gasteiger partial charge in [0.15, 0.2) is 0 Å². The Morgan fingerprint density at radius 3 is 2.67 bits per heavy atom. The van der Waals surface area contributed by atoms with Crippen LogP contribution in [-0.4, -0.2) is 6.04 Å². The van der Waals surface area contributed by atoms with Crippen molar-refractivity contribution in [1.82, 2.24) is 0 Å². The van der Waals surface area contributed by atoms with E-state index in [1.807, 2.05) is 0 Å². The SMILES string of the molecule is Cc1c(I)cccc1NC1CC(C)CC(C)(C)C1. The zero-order chi connectivity index (χ0) is 13.3. The second kappa shape index (κ2) is 5.40. The van der Waals surface area contributed by atoms with E-state index in [0.29, 0.717) is 11.5 Å². The zero-order valence-electron chi connectivity index (χ0n) is 11.9. The van der Waals surface area contributed by atoms with E-state index >= 15 is 0 Å². The Kier molecular flexibility index (Phi) is 4.25. The van der Waals surface area contributed by atoms with Crippen molar-refractivity contribution in [2.75, 3.05) is 5.32 Å². The predicted octanol–water partition coefficient (Wildman–Crippen LogP) is 5.23. The number of halogens is 1. The number of benzene rings is 1. The van der Waals surface area contributed by atoms with E-state index in [2.05, 4.69) is 73.8 Å². The second-order valence-corrected chi connectivity index (χ2v) is 7.83. The van der Waals surface area contributed by atoms with Gasteiger partial charge in [0.2, 0.25) is 0 Å². The maximum Gasteiger partial charge on any atom is 0.0382 e. The minimum Gasteiger partial charge on any atom is -0.382 e. The van der Waals surface area contributed by atoms with Crippen molar-refractivity contribution in [2.24, 2.45) is 11.3 Å². The minimum absolute atomic E-state index is 0.477. The first-order valence-electron chi connectivity index (χ1n) is 6.89. The van der Waals surface area contributed by atoms with Gasteiger partial charge in [-0.25, -0.2) is 0 Å². The fourth-order valence-electron chi connectivity index (χ4n) is 3.44. The Labute approximate surface area is 125 Å². The predicted molar refractivity (Wildman–Crippen MR) is 88.1 cm³/mol. The molecule has 0 bridgehead atoms. The van der Waals surface area contributed by atoms with Gasteiger partial charge in [-0.05, 0) is 77.8 Å². The lowest BCUT2D eigenvalue weighted by molar-refractivity contribution is 0.178. The fraction of sp³-hybridized carbons (Fsp3) is 0.625. The Balaban J connectivity index is 2.11. The highest BCUT2D eigenvalue weighted by Gasteiger charge is 2.32. The van der Waals surface area contributed by atoms with Gasteiger partial charge < -0.3 is 5.32 Å². The molecular weight excluding hydrogens is 333 g/mol. The van der Waals surface area contributed by atoms with E-state index in [9.17, 15) is 0 Å². The van der Waals surface area contributed by atoms with E-state index in [1.165, 1.54) is 34.1 Å². The molecule has 0 aromatic heterocycles. The third kappa shape index (κ3) is 3.40. The Morgan fingerprint density at radius 2 is 2.00 bits per heavy atom. The molecule has 1 N–H and O–H groups in total. The van der Waals surface area contributed by atoms with Crippen LogP contribution in [0.15, 0.2) is 18.2 Å². The Hall–Kier alpha value is -0.250. The lowest BCUT2D eigenvalue weighted by atomic mass is 9.70. The molecular formula is C16H24IN. The molecule has 0 saturated heterocycles. The summed E-state index contributed by atoms with van der Waals surface area (Å²) in [4.78, 5) is 0. The topological polar surface area (TPSA) is 12.0 Å². The highest BCUT2D eigenvalue weighted by Crippen LogP contribution is 2.39. The van der Waals surface area contributed by atoms with Crippen LogP contribution in [0.4, 0.5) is 5.69 Å². The summed E-state index contributed by atoms with van der Waals surface area (Å²) in [7, 11) is 0. The summed E-state index contributed by atoms with van der Waals surface area (Å²) < 4.78 is 1.35. The standard InChI is InChI=1S/C16H24IN/c1-11-8-13(10-16(3,4)9-11)18-15-7-5-6-14(17)12(15)2/h5-7,11,13,18H,8-10H2,1-4H3. The molecule has 1 aromatic rings. The van der Waals surface area contributed by atoms with Crippen LogP contribution in [0.1, 0.15) is 45.6 Å². The van der Waals surface area contributed by atoms with E-state index in [4.69, 9.17) is 0 Å². The van der Waals surface area contributed by atoms with Crippen molar-refractivity contribution in [1.29, 1.82) is 0 Å². The number of hydrogen-bond donors (Lipinski definition) is 1. The summed E-state index contributed by atoms with van der Waals surface area (Å²) in [6, 6.07) is 7.16. The van der Waals surface area contributed by atoms with Gasteiger partial charge in [0.05, 0.1) is 0 Å². The van der Waals surface area contributed by atoms with E-state index < -0.39 is 0 Å². The van der Waals surface area contributed by atoms with Crippen LogP contribution in [0.3, 0.4) is 0 Å². The van der Waals surface area contributed by atoms with Gasteiger partial charge in [-0.2, -0.15) is 0 Å². The van der Waals surface area contributed by atoms with Crippen LogP contribution in [0.5, 0.6) is 0 Å². The third-order valence-electron chi connectivity index (χ3n) is 4.01. The highest BCUT2D eigenvalue weighted by atomic mass is 127. The first-order chi connectivity index (χ1) is 8.37. The van der Waals surface area contributed by atoms with Gasteiger partial charge in [0, 0.05) is 15.3 Å². The normalized spacial score (nSPS) is 26.9. The lowest BCUT2D eigenvalue weighted by Crippen LogP contribution is -2.35. The number of nitrogens with one attached hydrogen (secondary N) is 1. The van der Waals surface area contributed by atoms with Gasteiger partial charge in [0.25, 0.3) is 0 Å². The van der Waals surface area contributed by atoms with Crippen molar-refractivity contribution in [3.8, 4) is 0 Å². The van der Waals surface area contributed by atoms with Gasteiger partial charge in [0.1, 0.15) is 0 Å². The molecule has 2 atom stereocenters. The number of rotatable bonds is 2. The summed E-state index contributed by atoms with van der Waals surface area (Å²) in [5, 5.41) is 3.77. The highest BCUT2D eigenvalue weighted by molar-refractivity contribution is 14.1. The molecule has 1 nitrogen and oxygen atoms in total. The van der Waals surface area contributed by atoms with Crippen molar-refractivity contribution in [3.63, 3.8) is 0 Å². The van der Waals surface area contributed by atoms with Gasteiger partial charge >= 0.3 is 0 Å². The zero-order valence-corrected chi connectivity index (χ0v) is 14.0. The molecule has 0 amide bonds. The largest absolute Gasteiger partial charge is 0.382 e. The van der Waals surface area contributed by atoms with Crippen molar-refractivity contribution < 1.29 is 0 Å². The fourth-order valence-corrected chi connectivity index (χ4v) is 3.94. The summed E-state index contributed by atoms with van der Waals surface area (Å²) >= 11 is 2.42. The minimum atomic E-state index is 0.477. The van der Waals surface area contributed by atoms with Crippen LogP contribution < -0.4 is 5.32 Å². The molecule has 2 unspecified atom stereocenters. The molecule has 0 heterocycles. The molecule has 0 radical (unpaired) electrons. The first-order valence-corrected chi connectivity index (χ1v) is 7.97. The lowest BCUT2D eigenvalue weighted by Gasteiger charge is -2.39. The summed E-state index contributed by atoms with van der Waals surface area (Å²) in [6.45, 7) is 9.40. The molecule has 100 valence electrons. The van der Waals surface area contributed by atoms with Crippen LogP contribution in [0.25, 0.3) is 0 Å². The second-order valence-electron chi connectivity index (χ2n) is 6.67. The van der Waals surface area contributed by atoms with Gasteiger partial charge in [-0.3, -0.25) is 0 Å². The summed E-state index contributed by atoms with van der Waals surface area (Å²) in [5.74, 6) is 0.828. The molecule has 1 aromatic carbocycles. The van der Waals surface area contributed by atoms with Crippen molar-refractivity contribution >= 4 is 28.3 Å².